The summed E-state index contributed by atoms with van der Waals surface area (Å²) in [4.78, 5) is 16.7. The van der Waals surface area contributed by atoms with Gasteiger partial charge in [0.15, 0.2) is 5.13 Å². The van der Waals surface area contributed by atoms with Crippen molar-refractivity contribution < 1.29 is 9.90 Å². The molecule has 0 aliphatic heterocycles. The normalized spacial score (nSPS) is 12.2. The number of amides is 2. The lowest BCUT2D eigenvalue weighted by Crippen LogP contribution is -2.35. The molecule has 1 aromatic rings. The Hall–Kier alpha value is -1.14. The van der Waals surface area contributed by atoms with Crippen LogP contribution in [0, 0.1) is 0 Å². The number of urea groups is 1. The number of hydrogen-bond acceptors (Lipinski definition) is 4. The number of rotatable bonds is 6. The largest absolute Gasteiger partial charge is 0.391 e. The molecule has 1 heterocycles. The third kappa shape index (κ3) is 5.14. The van der Waals surface area contributed by atoms with Crippen LogP contribution >= 0.6 is 11.3 Å². The van der Waals surface area contributed by atoms with E-state index in [0.717, 1.165) is 17.7 Å². The molecular weight excluding hydrogens is 238 g/mol. The highest BCUT2D eigenvalue weighted by Crippen LogP contribution is 2.17. The summed E-state index contributed by atoms with van der Waals surface area (Å²) in [5, 5.41) is 15.3. The van der Waals surface area contributed by atoms with Gasteiger partial charge in [-0.05, 0) is 12.8 Å². The molecule has 1 unspecified atom stereocenters. The maximum atomic E-state index is 11.5. The number of nitrogens with one attached hydrogen (secondary N) is 2. The molecule has 1 atom stereocenters. The van der Waals surface area contributed by atoms with Crippen LogP contribution in [0.1, 0.15) is 31.6 Å². The Morgan fingerprint density at radius 3 is 2.94 bits per heavy atom. The Balaban J connectivity index is 2.29. The lowest BCUT2D eigenvalue weighted by molar-refractivity contribution is 0.162. The zero-order valence-corrected chi connectivity index (χ0v) is 11.0. The molecule has 5 nitrogen and oxygen atoms in total. The van der Waals surface area contributed by atoms with Crippen LogP contribution in [0.25, 0.3) is 0 Å². The average molecular weight is 257 g/mol. The quantitative estimate of drug-likeness (QED) is 0.729. The fraction of sp³-hybridized carbons (Fsp3) is 0.636. The molecule has 0 spiro atoms. The number of hydrogen-bond donors (Lipinski definition) is 3. The molecule has 0 aliphatic rings. The second kappa shape index (κ2) is 7.24. The molecule has 0 saturated heterocycles. The standard InChI is InChI=1S/C11H19N3O2S/c1-3-5-8(15)6-12-10(16)14-11-13-7-9(4-2)17-11/h7-8,15H,3-6H2,1-2H3,(H2,12,13,14,16). The van der Waals surface area contributed by atoms with Gasteiger partial charge in [0.25, 0.3) is 0 Å². The summed E-state index contributed by atoms with van der Waals surface area (Å²) in [7, 11) is 0. The van der Waals surface area contributed by atoms with E-state index < -0.39 is 6.10 Å². The molecule has 0 radical (unpaired) electrons. The van der Waals surface area contributed by atoms with E-state index in [1.54, 1.807) is 6.20 Å². The monoisotopic (exact) mass is 257 g/mol. The molecule has 96 valence electrons. The number of aliphatic hydroxyl groups is 1. The van der Waals surface area contributed by atoms with Gasteiger partial charge in [0.05, 0.1) is 6.10 Å². The van der Waals surface area contributed by atoms with Crippen molar-refractivity contribution in [3.05, 3.63) is 11.1 Å². The first kappa shape index (κ1) is 13.9. The van der Waals surface area contributed by atoms with Crippen molar-refractivity contribution >= 4 is 22.5 Å². The first-order valence-electron chi connectivity index (χ1n) is 5.83. The second-order valence-corrected chi connectivity index (χ2v) is 4.88. The fourth-order valence-electron chi connectivity index (χ4n) is 1.32. The van der Waals surface area contributed by atoms with Crippen molar-refractivity contribution in [2.45, 2.75) is 39.2 Å². The Bertz CT molecular complexity index is 354. The zero-order chi connectivity index (χ0) is 12.7. The predicted octanol–water partition coefficient (Wildman–Crippen LogP) is 1.99. The number of carbonyl (C=O) groups is 1. The minimum atomic E-state index is -0.478. The number of aliphatic hydroxyl groups excluding tert-OH is 1. The minimum absolute atomic E-state index is 0.270. The average Bonchev–Trinajstić information content (AvgIpc) is 2.74. The van der Waals surface area contributed by atoms with Crippen LogP contribution in [0.3, 0.4) is 0 Å². The second-order valence-electron chi connectivity index (χ2n) is 3.76. The fourth-order valence-corrected chi connectivity index (χ4v) is 2.06. The van der Waals surface area contributed by atoms with E-state index in [-0.39, 0.29) is 12.6 Å². The number of aromatic nitrogens is 1. The first-order chi connectivity index (χ1) is 8.15. The molecule has 1 aromatic heterocycles. The SMILES string of the molecule is CCCC(O)CNC(=O)Nc1ncc(CC)s1. The van der Waals surface area contributed by atoms with E-state index in [1.807, 2.05) is 13.8 Å². The van der Waals surface area contributed by atoms with Crippen LogP contribution in [-0.4, -0.2) is 28.8 Å². The van der Waals surface area contributed by atoms with Gasteiger partial charge in [-0.15, -0.1) is 11.3 Å². The van der Waals surface area contributed by atoms with Gasteiger partial charge in [-0.2, -0.15) is 0 Å². The third-order valence-corrected chi connectivity index (χ3v) is 3.30. The third-order valence-electron chi connectivity index (χ3n) is 2.24. The molecule has 0 bridgehead atoms. The summed E-state index contributed by atoms with van der Waals surface area (Å²) in [5.41, 5.74) is 0. The summed E-state index contributed by atoms with van der Waals surface area (Å²) >= 11 is 1.46. The molecule has 0 aromatic carbocycles. The Labute approximate surface area is 105 Å². The molecule has 2 amide bonds. The van der Waals surface area contributed by atoms with Gasteiger partial charge >= 0.3 is 6.03 Å². The summed E-state index contributed by atoms with van der Waals surface area (Å²) < 4.78 is 0. The van der Waals surface area contributed by atoms with Gasteiger partial charge < -0.3 is 10.4 Å². The van der Waals surface area contributed by atoms with Crippen LogP contribution in [0.4, 0.5) is 9.93 Å². The maximum absolute atomic E-state index is 11.5. The smallest absolute Gasteiger partial charge is 0.321 e. The first-order valence-corrected chi connectivity index (χ1v) is 6.65. The number of thiazole rings is 1. The van der Waals surface area contributed by atoms with Crippen LogP contribution in [0.2, 0.25) is 0 Å². The van der Waals surface area contributed by atoms with E-state index in [1.165, 1.54) is 11.3 Å². The molecule has 17 heavy (non-hydrogen) atoms. The van der Waals surface area contributed by atoms with Gasteiger partial charge in [0.2, 0.25) is 0 Å². The van der Waals surface area contributed by atoms with Crippen LogP contribution in [0.5, 0.6) is 0 Å². The number of carbonyl (C=O) groups excluding carboxylic acids is 1. The molecule has 1 rings (SSSR count). The molecule has 0 saturated carbocycles. The maximum Gasteiger partial charge on any atom is 0.321 e. The minimum Gasteiger partial charge on any atom is -0.391 e. The Kier molecular flexibility index (Phi) is 5.93. The van der Waals surface area contributed by atoms with Crippen LogP contribution < -0.4 is 10.6 Å². The van der Waals surface area contributed by atoms with E-state index in [2.05, 4.69) is 15.6 Å². The van der Waals surface area contributed by atoms with E-state index in [4.69, 9.17) is 0 Å². The number of nitrogens with zero attached hydrogens (tertiary/aromatic N) is 1. The van der Waals surface area contributed by atoms with Gasteiger partial charge in [0, 0.05) is 17.6 Å². The lowest BCUT2D eigenvalue weighted by Gasteiger charge is -2.10. The summed E-state index contributed by atoms with van der Waals surface area (Å²) in [6, 6.07) is -0.322. The highest BCUT2D eigenvalue weighted by atomic mass is 32.1. The highest BCUT2D eigenvalue weighted by Gasteiger charge is 2.08. The van der Waals surface area contributed by atoms with Crippen LogP contribution in [0.15, 0.2) is 6.20 Å². The Morgan fingerprint density at radius 1 is 1.59 bits per heavy atom. The summed E-state index contributed by atoms with van der Waals surface area (Å²) in [6.45, 7) is 4.30. The van der Waals surface area contributed by atoms with Crippen molar-refractivity contribution in [3.63, 3.8) is 0 Å². The van der Waals surface area contributed by atoms with E-state index in [9.17, 15) is 9.90 Å². The summed E-state index contributed by atoms with van der Waals surface area (Å²) in [5.74, 6) is 0. The molecule has 0 fully saturated rings. The molecule has 6 heteroatoms. The van der Waals surface area contributed by atoms with E-state index >= 15 is 0 Å². The number of anilines is 1. The van der Waals surface area contributed by atoms with Crippen molar-refractivity contribution in [2.75, 3.05) is 11.9 Å². The molecule has 3 N–H and O–H groups in total. The zero-order valence-electron chi connectivity index (χ0n) is 10.2. The van der Waals surface area contributed by atoms with Gasteiger partial charge in [-0.1, -0.05) is 20.3 Å². The molecule has 0 aliphatic carbocycles. The van der Waals surface area contributed by atoms with Crippen molar-refractivity contribution in [1.82, 2.24) is 10.3 Å². The van der Waals surface area contributed by atoms with Gasteiger partial charge in [0.1, 0.15) is 0 Å². The summed E-state index contributed by atoms with van der Waals surface area (Å²) in [6.07, 6.45) is 3.78. The lowest BCUT2D eigenvalue weighted by atomic mass is 10.2. The van der Waals surface area contributed by atoms with Crippen molar-refractivity contribution in [2.24, 2.45) is 0 Å². The van der Waals surface area contributed by atoms with Gasteiger partial charge in [-0.3, -0.25) is 5.32 Å². The Morgan fingerprint density at radius 2 is 2.35 bits per heavy atom. The van der Waals surface area contributed by atoms with E-state index in [0.29, 0.717) is 11.6 Å². The van der Waals surface area contributed by atoms with Crippen LogP contribution in [-0.2, 0) is 6.42 Å². The molecular formula is C11H19N3O2S. The number of aryl methyl sites for hydroxylation is 1. The highest BCUT2D eigenvalue weighted by molar-refractivity contribution is 7.15. The van der Waals surface area contributed by atoms with Crippen molar-refractivity contribution in [1.29, 1.82) is 0 Å². The predicted molar refractivity (Wildman–Crippen MR) is 69.4 cm³/mol. The van der Waals surface area contributed by atoms with Crippen molar-refractivity contribution in [3.8, 4) is 0 Å². The topological polar surface area (TPSA) is 74.2 Å². The van der Waals surface area contributed by atoms with Gasteiger partial charge in [-0.25, -0.2) is 9.78 Å².